The number of ketones is 1. The molecule has 0 aromatic rings. The molecule has 0 aromatic heterocycles. The van der Waals surface area contributed by atoms with Crippen LogP contribution in [0.15, 0.2) is 12.2 Å². The molecule has 2 unspecified atom stereocenters. The minimum atomic E-state index is -1.17. The molecule has 0 aromatic carbocycles. The quantitative estimate of drug-likeness (QED) is 0.554. The van der Waals surface area contributed by atoms with E-state index >= 15 is 0 Å². The second-order valence-corrected chi connectivity index (χ2v) is 2.94. The van der Waals surface area contributed by atoms with E-state index in [1.807, 2.05) is 0 Å². The SMILES string of the molecule is O=C1C=CC(O)OC12CCCO2. The third kappa shape index (κ3) is 1.08. The topological polar surface area (TPSA) is 55.8 Å². The fraction of sp³-hybridized carbons (Fsp3) is 0.625. The van der Waals surface area contributed by atoms with Crippen molar-refractivity contribution in [3.63, 3.8) is 0 Å². The molecular formula is C8H10O4. The Balaban J connectivity index is 2.24. The van der Waals surface area contributed by atoms with Gasteiger partial charge in [0, 0.05) is 6.42 Å². The zero-order valence-electron chi connectivity index (χ0n) is 6.53. The summed E-state index contributed by atoms with van der Waals surface area (Å²) in [5.41, 5.74) is 0. The highest BCUT2D eigenvalue weighted by atomic mass is 16.8. The lowest BCUT2D eigenvalue weighted by molar-refractivity contribution is -0.256. The van der Waals surface area contributed by atoms with Gasteiger partial charge in [0.1, 0.15) is 0 Å². The summed E-state index contributed by atoms with van der Waals surface area (Å²) in [7, 11) is 0. The van der Waals surface area contributed by atoms with Gasteiger partial charge in [0.05, 0.1) is 6.61 Å². The Morgan fingerprint density at radius 2 is 2.50 bits per heavy atom. The van der Waals surface area contributed by atoms with Crippen LogP contribution in [0.3, 0.4) is 0 Å². The molecule has 2 heterocycles. The first kappa shape index (κ1) is 7.91. The smallest absolute Gasteiger partial charge is 0.235 e. The van der Waals surface area contributed by atoms with Crippen LogP contribution in [-0.4, -0.2) is 29.6 Å². The van der Waals surface area contributed by atoms with Crippen LogP contribution in [0.5, 0.6) is 0 Å². The molecule has 0 aliphatic carbocycles. The van der Waals surface area contributed by atoms with Crippen molar-refractivity contribution in [2.45, 2.75) is 24.9 Å². The van der Waals surface area contributed by atoms with Gasteiger partial charge in [-0.05, 0) is 18.6 Å². The molecule has 1 fully saturated rings. The molecule has 12 heavy (non-hydrogen) atoms. The molecule has 66 valence electrons. The average Bonchev–Trinajstić information content (AvgIpc) is 2.48. The number of rotatable bonds is 0. The van der Waals surface area contributed by atoms with Gasteiger partial charge in [-0.15, -0.1) is 0 Å². The molecule has 2 atom stereocenters. The van der Waals surface area contributed by atoms with E-state index in [0.717, 1.165) is 6.42 Å². The molecule has 2 rings (SSSR count). The van der Waals surface area contributed by atoms with Crippen molar-refractivity contribution in [3.8, 4) is 0 Å². The molecule has 1 saturated heterocycles. The Bertz CT molecular complexity index is 227. The van der Waals surface area contributed by atoms with Crippen LogP contribution in [0.25, 0.3) is 0 Å². The second-order valence-electron chi connectivity index (χ2n) is 2.94. The van der Waals surface area contributed by atoms with E-state index in [-0.39, 0.29) is 5.78 Å². The molecular weight excluding hydrogens is 160 g/mol. The van der Waals surface area contributed by atoms with Crippen molar-refractivity contribution < 1.29 is 19.4 Å². The van der Waals surface area contributed by atoms with Crippen LogP contribution in [0, 0.1) is 0 Å². The second kappa shape index (κ2) is 2.65. The van der Waals surface area contributed by atoms with Gasteiger partial charge in [0.25, 0.3) is 0 Å². The van der Waals surface area contributed by atoms with Crippen molar-refractivity contribution in [1.82, 2.24) is 0 Å². The lowest BCUT2D eigenvalue weighted by Crippen LogP contribution is -2.45. The van der Waals surface area contributed by atoms with Gasteiger partial charge in [-0.2, -0.15) is 0 Å². The van der Waals surface area contributed by atoms with Crippen LogP contribution in [0.2, 0.25) is 0 Å². The van der Waals surface area contributed by atoms with Gasteiger partial charge in [-0.1, -0.05) is 0 Å². The molecule has 2 aliphatic rings. The minimum Gasteiger partial charge on any atom is -0.365 e. The van der Waals surface area contributed by atoms with E-state index in [1.54, 1.807) is 0 Å². The summed E-state index contributed by atoms with van der Waals surface area (Å²) in [6, 6.07) is 0. The maximum atomic E-state index is 11.3. The van der Waals surface area contributed by atoms with Crippen molar-refractivity contribution in [2.24, 2.45) is 0 Å². The summed E-state index contributed by atoms with van der Waals surface area (Å²) in [4.78, 5) is 11.3. The lowest BCUT2D eigenvalue weighted by atomic mass is 10.1. The van der Waals surface area contributed by atoms with E-state index in [4.69, 9.17) is 14.6 Å². The number of hydrogen-bond acceptors (Lipinski definition) is 4. The van der Waals surface area contributed by atoms with E-state index in [0.29, 0.717) is 13.0 Å². The van der Waals surface area contributed by atoms with Gasteiger partial charge >= 0.3 is 0 Å². The van der Waals surface area contributed by atoms with Crippen molar-refractivity contribution in [1.29, 1.82) is 0 Å². The molecule has 0 bridgehead atoms. The fourth-order valence-corrected chi connectivity index (χ4v) is 1.49. The molecule has 0 saturated carbocycles. The first-order valence-electron chi connectivity index (χ1n) is 3.95. The Hall–Kier alpha value is -0.710. The van der Waals surface area contributed by atoms with Gasteiger partial charge in [-0.3, -0.25) is 4.79 Å². The fourth-order valence-electron chi connectivity index (χ4n) is 1.49. The van der Waals surface area contributed by atoms with Crippen LogP contribution >= 0.6 is 0 Å². The minimum absolute atomic E-state index is 0.203. The summed E-state index contributed by atoms with van der Waals surface area (Å²) in [5, 5.41) is 9.11. The number of aliphatic hydroxyl groups is 1. The first-order chi connectivity index (χ1) is 5.73. The van der Waals surface area contributed by atoms with E-state index in [1.165, 1.54) is 12.2 Å². The maximum Gasteiger partial charge on any atom is 0.235 e. The maximum absolute atomic E-state index is 11.3. The van der Waals surface area contributed by atoms with Crippen LogP contribution in [0.1, 0.15) is 12.8 Å². The molecule has 0 amide bonds. The third-order valence-electron chi connectivity index (χ3n) is 2.08. The Morgan fingerprint density at radius 3 is 3.17 bits per heavy atom. The summed E-state index contributed by atoms with van der Waals surface area (Å²) < 4.78 is 10.2. The lowest BCUT2D eigenvalue weighted by Gasteiger charge is -2.30. The van der Waals surface area contributed by atoms with Crippen molar-refractivity contribution in [2.75, 3.05) is 6.61 Å². The third-order valence-corrected chi connectivity index (χ3v) is 2.08. The van der Waals surface area contributed by atoms with E-state index in [2.05, 4.69) is 0 Å². The number of hydrogen-bond donors (Lipinski definition) is 1. The van der Waals surface area contributed by atoms with E-state index < -0.39 is 12.1 Å². The highest BCUT2D eigenvalue weighted by Gasteiger charge is 2.45. The van der Waals surface area contributed by atoms with Gasteiger partial charge in [-0.25, -0.2) is 0 Å². The van der Waals surface area contributed by atoms with Crippen molar-refractivity contribution >= 4 is 5.78 Å². The molecule has 0 radical (unpaired) electrons. The van der Waals surface area contributed by atoms with Crippen molar-refractivity contribution in [3.05, 3.63) is 12.2 Å². The number of carbonyl (C=O) groups excluding carboxylic acids is 1. The highest BCUT2D eigenvalue weighted by molar-refractivity contribution is 5.96. The molecule has 2 aliphatic heterocycles. The van der Waals surface area contributed by atoms with Crippen LogP contribution < -0.4 is 0 Å². The van der Waals surface area contributed by atoms with Gasteiger partial charge in [0.15, 0.2) is 6.29 Å². The summed E-state index contributed by atoms with van der Waals surface area (Å²) >= 11 is 0. The molecule has 1 spiro atoms. The summed E-state index contributed by atoms with van der Waals surface area (Å²) in [5.74, 6) is -1.38. The molecule has 1 N–H and O–H groups in total. The Morgan fingerprint density at radius 1 is 1.67 bits per heavy atom. The van der Waals surface area contributed by atoms with Gasteiger partial charge < -0.3 is 14.6 Å². The normalized spacial score (nSPS) is 41.1. The van der Waals surface area contributed by atoms with Gasteiger partial charge in [0.2, 0.25) is 11.6 Å². The van der Waals surface area contributed by atoms with Crippen LogP contribution in [-0.2, 0) is 14.3 Å². The standard InChI is InChI=1S/C8H10O4/c9-6-2-3-7(10)12-8(6)4-1-5-11-8/h2-3,7,10H,1,4-5H2. The predicted molar refractivity (Wildman–Crippen MR) is 39.2 cm³/mol. The Kier molecular flexibility index (Phi) is 1.75. The summed E-state index contributed by atoms with van der Waals surface area (Å²) in [6.45, 7) is 0.520. The molecule has 4 nitrogen and oxygen atoms in total. The van der Waals surface area contributed by atoms with E-state index in [9.17, 15) is 4.79 Å². The largest absolute Gasteiger partial charge is 0.365 e. The Labute approximate surface area is 69.8 Å². The average molecular weight is 170 g/mol. The zero-order valence-corrected chi connectivity index (χ0v) is 6.53. The summed E-state index contributed by atoms with van der Waals surface area (Å²) in [6.07, 6.45) is 2.95. The zero-order chi connectivity index (χ0) is 8.60. The molecule has 4 heteroatoms. The van der Waals surface area contributed by atoms with Crippen LogP contribution in [0.4, 0.5) is 0 Å². The number of ether oxygens (including phenoxy) is 2. The number of carbonyl (C=O) groups is 1. The monoisotopic (exact) mass is 170 g/mol. The highest BCUT2D eigenvalue weighted by Crippen LogP contribution is 2.31. The predicted octanol–water partition coefficient (Wildman–Crippen LogP) is -0.0330. The number of aliphatic hydroxyl groups excluding tert-OH is 1. The first-order valence-corrected chi connectivity index (χ1v) is 3.95.